The van der Waals surface area contributed by atoms with Gasteiger partial charge in [0.15, 0.2) is 0 Å². The zero-order chi connectivity index (χ0) is 18.4. The number of aryl methyl sites for hydroxylation is 1. The van der Waals surface area contributed by atoms with Crippen LogP contribution < -0.4 is 5.32 Å². The monoisotopic (exact) mass is 346 g/mol. The molecular formula is C21H18N2O3. The minimum atomic E-state index is -1.06. The molecular weight excluding hydrogens is 328 g/mol. The summed E-state index contributed by atoms with van der Waals surface area (Å²) >= 11 is 0. The molecule has 0 atom stereocenters. The van der Waals surface area contributed by atoms with Gasteiger partial charge in [-0.1, -0.05) is 42.5 Å². The number of aromatic nitrogens is 1. The van der Waals surface area contributed by atoms with Crippen LogP contribution >= 0.6 is 0 Å². The van der Waals surface area contributed by atoms with Gasteiger partial charge in [0.05, 0.1) is 11.3 Å². The Morgan fingerprint density at radius 1 is 0.923 bits per heavy atom. The molecule has 1 heterocycles. The fourth-order valence-electron chi connectivity index (χ4n) is 2.65. The SMILES string of the molecule is O=C(CCc1ccc(-c2cccnc2)cc1)Nc1ccccc1C(=O)O. The van der Waals surface area contributed by atoms with Crippen molar-refractivity contribution in [2.45, 2.75) is 12.8 Å². The van der Waals surface area contributed by atoms with E-state index in [0.717, 1.165) is 16.7 Å². The van der Waals surface area contributed by atoms with Crippen molar-refractivity contribution < 1.29 is 14.7 Å². The third kappa shape index (κ3) is 4.33. The second kappa shape index (κ2) is 8.07. The van der Waals surface area contributed by atoms with E-state index in [1.165, 1.54) is 6.07 Å². The average molecular weight is 346 g/mol. The van der Waals surface area contributed by atoms with Crippen LogP contribution in [0.1, 0.15) is 22.3 Å². The van der Waals surface area contributed by atoms with Gasteiger partial charge in [0, 0.05) is 18.8 Å². The standard InChI is InChI=1S/C21H18N2O3/c24-20(23-19-6-2-1-5-18(19)21(25)26)12-9-15-7-10-16(11-8-15)17-4-3-13-22-14-17/h1-8,10-11,13-14H,9,12H2,(H,23,24)(H,25,26). The summed E-state index contributed by atoms with van der Waals surface area (Å²) in [7, 11) is 0. The molecule has 5 heteroatoms. The molecule has 26 heavy (non-hydrogen) atoms. The predicted octanol–water partition coefficient (Wildman–Crippen LogP) is 4.02. The summed E-state index contributed by atoms with van der Waals surface area (Å²) in [6.45, 7) is 0. The zero-order valence-corrected chi connectivity index (χ0v) is 14.1. The van der Waals surface area contributed by atoms with Crippen LogP contribution in [0.4, 0.5) is 5.69 Å². The van der Waals surface area contributed by atoms with E-state index in [4.69, 9.17) is 5.11 Å². The van der Waals surface area contributed by atoms with Gasteiger partial charge in [0.2, 0.25) is 5.91 Å². The first-order chi connectivity index (χ1) is 12.6. The largest absolute Gasteiger partial charge is 0.478 e. The number of pyridine rings is 1. The molecule has 0 saturated heterocycles. The Kier molecular flexibility index (Phi) is 5.39. The van der Waals surface area contributed by atoms with Gasteiger partial charge in [-0.3, -0.25) is 9.78 Å². The summed E-state index contributed by atoms with van der Waals surface area (Å²) in [6.07, 6.45) is 4.40. The third-order valence-corrected chi connectivity index (χ3v) is 4.02. The van der Waals surface area contributed by atoms with E-state index in [2.05, 4.69) is 10.3 Å². The smallest absolute Gasteiger partial charge is 0.337 e. The van der Waals surface area contributed by atoms with E-state index in [-0.39, 0.29) is 17.9 Å². The molecule has 0 fully saturated rings. The Balaban J connectivity index is 1.59. The Morgan fingerprint density at radius 2 is 1.69 bits per heavy atom. The molecule has 0 spiro atoms. The van der Waals surface area contributed by atoms with Gasteiger partial charge in [-0.2, -0.15) is 0 Å². The number of rotatable bonds is 6. The Bertz CT molecular complexity index is 906. The number of hydrogen-bond donors (Lipinski definition) is 2. The van der Waals surface area contributed by atoms with Crippen molar-refractivity contribution in [3.05, 3.63) is 84.2 Å². The lowest BCUT2D eigenvalue weighted by Gasteiger charge is -2.08. The van der Waals surface area contributed by atoms with E-state index < -0.39 is 5.97 Å². The highest BCUT2D eigenvalue weighted by Gasteiger charge is 2.11. The van der Waals surface area contributed by atoms with Crippen molar-refractivity contribution in [3.63, 3.8) is 0 Å². The Labute approximate surface area is 151 Å². The first-order valence-corrected chi connectivity index (χ1v) is 8.25. The highest BCUT2D eigenvalue weighted by Crippen LogP contribution is 2.19. The number of aromatic carboxylic acids is 1. The normalized spacial score (nSPS) is 10.3. The second-order valence-corrected chi connectivity index (χ2v) is 5.84. The molecule has 0 radical (unpaired) electrons. The molecule has 0 aliphatic carbocycles. The molecule has 0 aliphatic heterocycles. The first-order valence-electron chi connectivity index (χ1n) is 8.25. The highest BCUT2D eigenvalue weighted by atomic mass is 16.4. The minimum absolute atomic E-state index is 0.0849. The summed E-state index contributed by atoms with van der Waals surface area (Å²) in [5, 5.41) is 11.8. The lowest BCUT2D eigenvalue weighted by molar-refractivity contribution is -0.116. The van der Waals surface area contributed by atoms with Gasteiger partial charge in [-0.25, -0.2) is 4.79 Å². The summed E-state index contributed by atoms with van der Waals surface area (Å²) < 4.78 is 0. The van der Waals surface area contributed by atoms with Crippen LogP contribution in [0.15, 0.2) is 73.1 Å². The van der Waals surface area contributed by atoms with Crippen LogP contribution in [0.5, 0.6) is 0 Å². The average Bonchev–Trinajstić information content (AvgIpc) is 2.68. The van der Waals surface area contributed by atoms with Crippen molar-refractivity contribution in [2.24, 2.45) is 0 Å². The van der Waals surface area contributed by atoms with Gasteiger partial charge in [0.25, 0.3) is 0 Å². The number of carbonyl (C=O) groups excluding carboxylic acids is 1. The molecule has 3 aromatic rings. The molecule has 0 aliphatic rings. The number of carboxylic acids is 1. The first kappa shape index (κ1) is 17.4. The van der Waals surface area contributed by atoms with Crippen LogP contribution in [-0.4, -0.2) is 22.0 Å². The van der Waals surface area contributed by atoms with Crippen molar-refractivity contribution in [3.8, 4) is 11.1 Å². The van der Waals surface area contributed by atoms with E-state index >= 15 is 0 Å². The predicted molar refractivity (Wildman–Crippen MR) is 100 cm³/mol. The maximum Gasteiger partial charge on any atom is 0.337 e. The number of nitrogens with one attached hydrogen (secondary N) is 1. The number of carbonyl (C=O) groups is 2. The van der Waals surface area contributed by atoms with Crippen LogP contribution in [0, 0.1) is 0 Å². The minimum Gasteiger partial charge on any atom is -0.478 e. The van der Waals surface area contributed by atoms with Crippen LogP contribution in [0.2, 0.25) is 0 Å². The number of benzene rings is 2. The van der Waals surface area contributed by atoms with E-state index in [1.54, 1.807) is 24.4 Å². The number of para-hydroxylation sites is 1. The number of hydrogen-bond acceptors (Lipinski definition) is 3. The topological polar surface area (TPSA) is 79.3 Å². The van der Waals surface area contributed by atoms with Gasteiger partial charge < -0.3 is 10.4 Å². The summed E-state index contributed by atoms with van der Waals surface area (Å²) in [6, 6.07) is 18.2. The van der Waals surface area contributed by atoms with Crippen LogP contribution in [0.25, 0.3) is 11.1 Å². The number of nitrogens with zero attached hydrogens (tertiary/aromatic N) is 1. The number of carboxylic acid groups (broad SMARTS) is 1. The Morgan fingerprint density at radius 3 is 2.38 bits per heavy atom. The molecule has 130 valence electrons. The Hall–Kier alpha value is -3.47. The molecule has 5 nitrogen and oxygen atoms in total. The lowest BCUT2D eigenvalue weighted by Crippen LogP contribution is -2.15. The van der Waals surface area contributed by atoms with E-state index in [0.29, 0.717) is 12.1 Å². The van der Waals surface area contributed by atoms with E-state index in [9.17, 15) is 9.59 Å². The molecule has 2 N–H and O–H groups in total. The van der Waals surface area contributed by atoms with E-state index in [1.807, 2.05) is 42.6 Å². The quantitative estimate of drug-likeness (QED) is 0.706. The van der Waals surface area contributed by atoms with Gasteiger partial charge in [-0.15, -0.1) is 0 Å². The summed E-state index contributed by atoms with van der Waals surface area (Å²) in [5.74, 6) is -1.28. The molecule has 3 rings (SSSR count). The zero-order valence-electron chi connectivity index (χ0n) is 14.1. The van der Waals surface area contributed by atoms with Gasteiger partial charge in [0.1, 0.15) is 0 Å². The molecule has 0 unspecified atom stereocenters. The molecule has 2 aromatic carbocycles. The van der Waals surface area contributed by atoms with Gasteiger partial charge >= 0.3 is 5.97 Å². The molecule has 0 bridgehead atoms. The maximum absolute atomic E-state index is 12.1. The highest BCUT2D eigenvalue weighted by molar-refractivity contribution is 6.00. The third-order valence-electron chi connectivity index (χ3n) is 4.02. The summed E-state index contributed by atoms with van der Waals surface area (Å²) in [4.78, 5) is 27.4. The number of amides is 1. The van der Waals surface area contributed by atoms with Gasteiger partial charge in [-0.05, 0) is 41.3 Å². The lowest BCUT2D eigenvalue weighted by atomic mass is 10.0. The number of anilines is 1. The summed E-state index contributed by atoms with van der Waals surface area (Å²) in [5.41, 5.74) is 3.56. The fraction of sp³-hybridized carbons (Fsp3) is 0.0952. The molecule has 0 saturated carbocycles. The van der Waals surface area contributed by atoms with Crippen molar-refractivity contribution in [1.82, 2.24) is 4.98 Å². The maximum atomic E-state index is 12.1. The molecule has 1 aromatic heterocycles. The van der Waals surface area contributed by atoms with Crippen LogP contribution in [0.3, 0.4) is 0 Å². The van der Waals surface area contributed by atoms with Crippen molar-refractivity contribution >= 4 is 17.6 Å². The fourth-order valence-corrected chi connectivity index (χ4v) is 2.65. The molecule has 1 amide bonds. The van der Waals surface area contributed by atoms with Crippen molar-refractivity contribution in [2.75, 3.05) is 5.32 Å². The van der Waals surface area contributed by atoms with Crippen LogP contribution in [-0.2, 0) is 11.2 Å². The second-order valence-electron chi connectivity index (χ2n) is 5.84. The van der Waals surface area contributed by atoms with Crippen molar-refractivity contribution in [1.29, 1.82) is 0 Å².